The lowest BCUT2D eigenvalue weighted by Gasteiger charge is -2.51. The molecular formula is C27H49NO3Si3. The highest BCUT2D eigenvalue weighted by Gasteiger charge is 2.60. The summed E-state index contributed by atoms with van der Waals surface area (Å²) in [7, 11) is -5.05. The number of nitrogens with two attached hydrogens (primary N) is 1. The Hall–Kier alpha value is -0.609. The highest BCUT2D eigenvalue weighted by atomic mass is 28.4. The van der Waals surface area contributed by atoms with Gasteiger partial charge >= 0.3 is 0 Å². The third-order valence-corrected chi connectivity index (χ3v) is 11.0. The van der Waals surface area contributed by atoms with E-state index in [4.69, 9.17) is 19.0 Å². The van der Waals surface area contributed by atoms with Gasteiger partial charge in [-0.1, -0.05) is 13.0 Å². The third kappa shape index (κ3) is 5.24. The Bertz CT molecular complexity index is 917. The summed E-state index contributed by atoms with van der Waals surface area (Å²) in [5.74, 6) is 2.85. The van der Waals surface area contributed by atoms with Crippen molar-refractivity contribution in [2.75, 3.05) is 5.73 Å². The molecule has 2 N–H and O–H groups in total. The minimum Gasteiger partial charge on any atom is -0.543 e. The van der Waals surface area contributed by atoms with Gasteiger partial charge in [0.2, 0.25) is 8.32 Å². The lowest BCUT2D eigenvalue weighted by atomic mass is 9.55. The van der Waals surface area contributed by atoms with Gasteiger partial charge in [-0.3, -0.25) is 0 Å². The van der Waals surface area contributed by atoms with E-state index in [9.17, 15) is 0 Å². The van der Waals surface area contributed by atoms with Gasteiger partial charge in [0.25, 0.3) is 0 Å². The van der Waals surface area contributed by atoms with Gasteiger partial charge in [0, 0.05) is 0 Å². The van der Waals surface area contributed by atoms with Crippen molar-refractivity contribution in [2.24, 2.45) is 17.3 Å². The minimum atomic E-state index is -1.69. The van der Waals surface area contributed by atoms with E-state index in [0.29, 0.717) is 17.8 Å². The van der Waals surface area contributed by atoms with Crippen LogP contribution in [0.15, 0.2) is 12.1 Å². The molecule has 2 fully saturated rings. The Kier molecular flexibility index (Phi) is 6.81. The zero-order valence-corrected chi connectivity index (χ0v) is 26.4. The molecule has 192 valence electrons. The maximum Gasteiger partial charge on any atom is 0.242 e. The Morgan fingerprint density at radius 2 is 1.53 bits per heavy atom. The minimum absolute atomic E-state index is 0.204. The summed E-state index contributed by atoms with van der Waals surface area (Å²) in [6.07, 6.45) is 6.35. The predicted molar refractivity (Wildman–Crippen MR) is 151 cm³/mol. The standard InChI is InChI=1S/C27H49NO3Si3/c1-27-16-15-19-18-13-14-23(29-32(2,3)4)25(28)21(18)12-11-20(19)22(27)17-24(30-33(5,6)7)26(27)31-34(8,9)10/h13-14,19-20,22,24,26H,11-12,15-17,28H2,1-10H3. The van der Waals surface area contributed by atoms with Crippen LogP contribution in [-0.2, 0) is 15.3 Å². The van der Waals surface area contributed by atoms with E-state index in [2.05, 4.69) is 78.0 Å². The van der Waals surface area contributed by atoms with E-state index in [1.807, 2.05) is 0 Å². The number of anilines is 1. The number of hydrogen-bond donors (Lipinski definition) is 1. The largest absolute Gasteiger partial charge is 0.543 e. The van der Waals surface area contributed by atoms with Gasteiger partial charge in [-0.2, -0.15) is 0 Å². The lowest BCUT2D eigenvalue weighted by Crippen LogP contribution is -2.50. The first-order chi connectivity index (χ1) is 15.5. The molecule has 3 aliphatic rings. The zero-order valence-electron chi connectivity index (χ0n) is 23.4. The van der Waals surface area contributed by atoms with Gasteiger partial charge < -0.3 is 19.0 Å². The van der Waals surface area contributed by atoms with Crippen molar-refractivity contribution in [2.45, 2.75) is 116 Å². The van der Waals surface area contributed by atoms with Crippen LogP contribution >= 0.6 is 0 Å². The number of rotatable bonds is 6. The summed E-state index contributed by atoms with van der Waals surface area (Å²) in [5, 5.41) is 0. The summed E-state index contributed by atoms with van der Waals surface area (Å²) in [6.45, 7) is 23.2. The molecule has 4 rings (SSSR count). The maximum atomic E-state index is 6.96. The molecule has 0 aromatic heterocycles. The van der Waals surface area contributed by atoms with Gasteiger partial charge in [-0.25, -0.2) is 0 Å². The second-order valence-corrected chi connectivity index (χ2v) is 27.7. The highest BCUT2D eigenvalue weighted by molar-refractivity contribution is 6.70. The zero-order chi connectivity index (χ0) is 25.3. The maximum absolute atomic E-state index is 6.96. The van der Waals surface area contributed by atoms with Gasteiger partial charge in [0.1, 0.15) is 5.75 Å². The van der Waals surface area contributed by atoms with Crippen molar-refractivity contribution in [1.29, 1.82) is 0 Å². The second kappa shape index (κ2) is 8.75. The van der Waals surface area contributed by atoms with Crippen LogP contribution in [0.3, 0.4) is 0 Å². The molecule has 3 aliphatic carbocycles. The average Bonchev–Trinajstić information content (AvgIpc) is 2.92. The van der Waals surface area contributed by atoms with Crippen molar-refractivity contribution >= 4 is 30.6 Å². The fourth-order valence-corrected chi connectivity index (χ4v) is 10.3. The van der Waals surface area contributed by atoms with Crippen molar-refractivity contribution in [3.8, 4) is 5.75 Å². The Balaban J connectivity index is 1.65. The third-order valence-electron chi connectivity index (χ3n) is 8.23. The van der Waals surface area contributed by atoms with E-state index < -0.39 is 25.0 Å². The smallest absolute Gasteiger partial charge is 0.242 e. The highest BCUT2D eigenvalue weighted by Crippen LogP contribution is 2.63. The van der Waals surface area contributed by atoms with Gasteiger partial charge in [-0.05, 0) is 131 Å². The van der Waals surface area contributed by atoms with Crippen LogP contribution in [0.5, 0.6) is 5.75 Å². The second-order valence-electron chi connectivity index (χ2n) is 14.4. The van der Waals surface area contributed by atoms with Crippen LogP contribution in [0, 0.1) is 17.3 Å². The molecule has 0 heterocycles. The SMILES string of the molecule is CC12CCC3c4ccc(O[Si](C)(C)C)c(N)c4CCC3C1CC(O[Si](C)(C)C)C2O[Si](C)(C)C. The summed E-state index contributed by atoms with van der Waals surface area (Å²) >= 11 is 0. The molecule has 1 aromatic rings. The molecule has 0 radical (unpaired) electrons. The molecule has 6 atom stereocenters. The van der Waals surface area contributed by atoms with Gasteiger partial charge in [0.15, 0.2) is 16.6 Å². The molecule has 6 unspecified atom stereocenters. The quantitative estimate of drug-likeness (QED) is 0.314. The van der Waals surface area contributed by atoms with Gasteiger partial charge in [-0.15, -0.1) is 0 Å². The monoisotopic (exact) mass is 519 g/mol. The molecule has 0 bridgehead atoms. The Morgan fingerprint density at radius 3 is 2.12 bits per heavy atom. The summed E-state index contributed by atoms with van der Waals surface area (Å²) in [5.41, 5.74) is 10.7. The van der Waals surface area contributed by atoms with E-state index in [1.165, 1.54) is 30.4 Å². The van der Waals surface area contributed by atoms with Crippen LogP contribution in [0.2, 0.25) is 58.9 Å². The van der Waals surface area contributed by atoms with Crippen LogP contribution in [0.1, 0.15) is 49.7 Å². The normalized spacial score (nSPS) is 33.8. The molecule has 2 saturated carbocycles. The molecule has 1 aromatic carbocycles. The number of fused-ring (bicyclic) bond motifs is 5. The molecule has 0 saturated heterocycles. The predicted octanol–water partition coefficient (Wildman–Crippen LogP) is 7.39. The lowest BCUT2D eigenvalue weighted by molar-refractivity contribution is -0.0362. The topological polar surface area (TPSA) is 53.7 Å². The number of benzene rings is 1. The molecule has 0 amide bonds. The Morgan fingerprint density at radius 1 is 0.882 bits per heavy atom. The molecular weight excluding hydrogens is 471 g/mol. The van der Waals surface area contributed by atoms with Gasteiger partial charge in [0.05, 0.1) is 17.9 Å². The van der Waals surface area contributed by atoms with Crippen molar-refractivity contribution in [1.82, 2.24) is 0 Å². The van der Waals surface area contributed by atoms with Crippen LogP contribution in [0.4, 0.5) is 5.69 Å². The molecule has 34 heavy (non-hydrogen) atoms. The summed E-state index contributed by atoms with van der Waals surface area (Å²) < 4.78 is 20.1. The number of hydrogen-bond acceptors (Lipinski definition) is 4. The van der Waals surface area contributed by atoms with E-state index >= 15 is 0 Å². The first-order valence-electron chi connectivity index (χ1n) is 13.4. The molecule has 0 aliphatic heterocycles. The first kappa shape index (κ1) is 26.5. The molecule has 7 heteroatoms. The number of nitrogen functional groups attached to an aromatic ring is 1. The van der Waals surface area contributed by atoms with Crippen LogP contribution < -0.4 is 10.2 Å². The summed E-state index contributed by atoms with van der Waals surface area (Å²) in [6, 6.07) is 4.51. The van der Waals surface area contributed by atoms with E-state index in [0.717, 1.165) is 24.3 Å². The van der Waals surface area contributed by atoms with Crippen molar-refractivity contribution in [3.05, 3.63) is 23.3 Å². The van der Waals surface area contributed by atoms with Crippen molar-refractivity contribution in [3.63, 3.8) is 0 Å². The van der Waals surface area contributed by atoms with E-state index in [1.54, 1.807) is 0 Å². The molecule has 4 nitrogen and oxygen atoms in total. The fourth-order valence-electron chi connectivity index (χ4n) is 7.19. The van der Waals surface area contributed by atoms with Crippen LogP contribution in [0.25, 0.3) is 0 Å². The first-order valence-corrected chi connectivity index (χ1v) is 23.7. The Labute approximate surface area is 211 Å². The molecule has 0 spiro atoms. The summed E-state index contributed by atoms with van der Waals surface area (Å²) in [4.78, 5) is 0. The average molecular weight is 520 g/mol. The van der Waals surface area contributed by atoms with Crippen molar-refractivity contribution < 1.29 is 13.3 Å². The fraction of sp³-hybridized carbons (Fsp3) is 0.778. The van der Waals surface area contributed by atoms with Crippen LogP contribution in [-0.4, -0.2) is 37.2 Å². The van der Waals surface area contributed by atoms with E-state index in [-0.39, 0.29) is 17.6 Å².